The lowest BCUT2D eigenvalue weighted by Gasteiger charge is -2.29. The zero-order valence-electron chi connectivity index (χ0n) is 20.3. The summed E-state index contributed by atoms with van der Waals surface area (Å²) in [7, 11) is 0. The lowest BCUT2D eigenvalue weighted by atomic mass is 10.1. The Morgan fingerprint density at radius 1 is 0.919 bits per heavy atom. The number of morpholine rings is 1. The first-order chi connectivity index (χ1) is 17.7. The van der Waals surface area contributed by atoms with Crippen molar-refractivity contribution in [1.82, 2.24) is 9.88 Å². The Hall–Kier alpha value is -3.17. The van der Waals surface area contributed by atoms with Crippen LogP contribution in [0.3, 0.4) is 0 Å². The third-order valence-corrected chi connectivity index (χ3v) is 7.54. The van der Waals surface area contributed by atoms with E-state index >= 15 is 0 Å². The number of halogens is 2. The summed E-state index contributed by atoms with van der Waals surface area (Å²) in [6.45, 7) is 7.16. The number of ether oxygens (including phenoxy) is 1. The van der Waals surface area contributed by atoms with Gasteiger partial charge in [0.15, 0.2) is 5.11 Å². The van der Waals surface area contributed by atoms with Crippen LogP contribution in [-0.4, -0.2) is 47.8 Å². The van der Waals surface area contributed by atoms with Gasteiger partial charge >= 0.3 is 0 Å². The van der Waals surface area contributed by atoms with Gasteiger partial charge in [0.25, 0.3) is 11.8 Å². The number of anilines is 2. The molecule has 2 fully saturated rings. The molecule has 2 aliphatic heterocycles. The number of carbonyl (C=O) groups excluding carboxylic acids is 2. The van der Waals surface area contributed by atoms with Gasteiger partial charge in [-0.25, -0.2) is 0 Å². The van der Waals surface area contributed by atoms with Gasteiger partial charge in [0.2, 0.25) is 0 Å². The number of nitrogens with one attached hydrogen (secondary N) is 1. The van der Waals surface area contributed by atoms with Gasteiger partial charge in [0.1, 0.15) is 5.57 Å². The van der Waals surface area contributed by atoms with Crippen molar-refractivity contribution < 1.29 is 14.3 Å². The van der Waals surface area contributed by atoms with Crippen molar-refractivity contribution in [3.8, 4) is 5.69 Å². The standard InChI is InChI=1S/C27H24Cl2N4O3S/c1-16-13-18(17(2)32(16)20-5-3-19(4-6-20)31-9-11-36-12-10-31)14-22-25(34)30-27(37)33(26(22)35)21-7-8-23(28)24(29)15-21/h3-8,13-15H,9-12H2,1-2H3,(H,30,34,37)/b22-14+. The van der Waals surface area contributed by atoms with Crippen LogP contribution in [-0.2, 0) is 14.3 Å². The van der Waals surface area contributed by atoms with E-state index in [-0.39, 0.29) is 15.7 Å². The van der Waals surface area contributed by atoms with Gasteiger partial charge in [-0.15, -0.1) is 0 Å². The number of aromatic nitrogens is 1. The fourth-order valence-corrected chi connectivity index (χ4v) is 5.21. The molecule has 2 aromatic carbocycles. The molecule has 3 heterocycles. The number of benzene rings is 2. The molecule has 0 spiro atoms. The lowest BCUT2D eigenvalue weighted by molar-refractivity contribution is -0.122. The van der Waals surface area contributed by atoms with Crippen LogP contribution in [0.2, 0.25) is 10.0 Å². The quantitative estimate of drug-likeness (QED) is 0.277. The molecule has 0 radical (unpaired) electrons. The Labute approximate surface area is 230 Å². The van der Waals surface area contributed by atoms with E-state index in [1.165, 1.54) is 11.0 Å². The number of carbonyl (C=O) groups is 2. The summed E-state index contributed by atoms with van der Waals surface area (Å²) in [5.41, 5.74) is 5.18. The lowest BCUT2D eigenvalue weighted by Crippen LogP contribution is -2.54. The summed E-state index contributed by atoms with van der Waals surface area (Å²) in [6.07, 6.45) is 1.60. The van der Waals surface area contributed by atoms with Gasteiger partial charge in [-0.2, -0.15) is 0 Å². The molecule has 1 N–H and O–H groups in total. The third-order valence-electron chi connectivity index (χ3n) is 6.52. The minimum absolute atomic E-state index is 0.0173. The van der Waals surface area contributed by atoms with E-state index in [1.54, 1.807) is 18.2 Å². The van der Waals surface area contributed by atoms with E-state index in [9.17, 15) is 9.59 Å². The predicted octanol–water partition coefficient (Wildman–Crippen LogP) is 5.07. The normalized spacial score (nSPS) is 17.5. The van der Waals surface area contributed by atoms with E-state index in [4.69, 9.17) is 40.2 Å². The fraction of sp³-hybridized carbons (Fsp3) is 0.222. The molecule has 0 saturated carbocycles. The number of hydrogen-bond acceptors (Lipinski definition) is 5. The molecule has 7 nitrogen and oxygen atoms in total. The first kappa shape index (κ1) is 25.5. The molecule has 0 unspecified atom stereocenters. The highest BCUT2D eigenvalue weighted by atomic mass is 35.5. The predicted molar refractivity (Wildman–Crippen MR) is 151 cm³/mol. The Morgan fingerprint density at radius 2 is 1.57 bits per heavy atom. The minimum Gasteiger partial charge on any atom is -0.378 e. The maximum absolute atomic E-state index is 13.4. The monoisotopic (exact) mass is 554 g/mol. The first-order valence-corrected chi connectivity index (χ1v) is 12.9. The van der Waals surface area contributed by atoms with Crippen LogP contribution < -0.4 is 15.1 Å². The zero-order valence-corrected chi connectivity index (χ0v) is 22.6. The number of nitrogens with zero attached hydrogens (tertiary/aromatic N) is 3. The van der Waals surface area contributed by atoms with Crippen molar-refractivity contribution in [2.75, 3.05) is 36.1 Å². The molecule has 0 atom stereocenters. The second-order valence-corrected chi connectivity index (χ2v) is 10.0. The smallest absolute Gasteiger partial charge is 0.270 e. The molecule has 5 rings (SSSR count). The van der Waals surface area contributed by atoms with Crippen LogP contribution in [0.25, 0.3) is 11.8 Å². The van der Waals surface area contributed by atoms with Crippen molar-refractivity contribution in [2.24, 2.45) is 0 Å². The number of rotatable bonds is 4. The number of amides is 2. The number of hydrogen-bond donors (Lipinski definition) is 1. The molecular formula is C27H24Cl2N4O3S. The van der Waals surface area contributed by atoms with Gasteiger partial charge in [0.05, 0.1) is 28.9 Å². The highest BCUT2D eigenvalue weighted by molar-refractivity contribution is 7.80. The van der Waals surface area contributed by atoms with Crippen LogP contribution in [0.15, 0.2) is 54.1 Å². The van der Waals surface area contributed by atoms with E-state index in [2.05, 4.69) is 39.0 Å². The summed E-state index contributed by atoms with van der Waals surface area (Å²) in [4.78, 5) is 29.8. The SMILES string of the molecule is Cc1cc(/C=C2\C(=O)NC(=S)N(c3ccc(Cl)c(Cl)c3)C2=O)c(C)n1-c1ccc(N2CCOCC2)cc1. The second kappa shape index (κ2) is 10.3. The summed E-state index contributed by atoms with van der Waals surface area (Å²) in [6, 6.07) is 15.0. The molecule has 3 aromatic rings. The summed E-state index contributed by atoms with van der Waals surface area (Å²) in [5, 5.41) is 3.22. The van der Waals surface area contributed by atoms with E-state index in [0.29, 0.717) is 10.7 Å². The van der Waals surface area contributed by atoms with Crippen LogP contribution in [0.4, 0.5) is 11.4 Å². The van der Waals surface area contributed by atoms with Crippen LogP contribution in [0.1, 0.15) is 17.0 Å². The van der Waals surface area contributed by atoms with E-state index in [0.717, 1.165) is 54.6 Å². The van der Waals surface area contributed by atoms with Crippen molar-refractivity contribution in [3.05, 3.63) is 81.1 Å². The highest BCUT2D eigenvalue weighted by Crippen LogP contribution is 2.30. The first-order valence-electron chi connectivity index (χ1n) is 11.7. The molecule has 190 valence electrons. The zero-order chi connectivity index (χ0) is 26.3. The molecule has 1 aromatic heterocycles. The molecule has 0 bridgehead atoms. The van der Waals surface area contributed by atoms with E-state index < -0.39 is 11.8 Å². The number of thiocarbonyl (C=S) groups is 1. The van der Waals surface area contributed by atoms with Crippen LogP contribution in [0.5, 0.6) is 0 Å². The Kier molecular flexibility index (Phi) is 7.09. The summed E-state index contributed by atoms with van der Waals surface area (Å²) < 4.78 is 7.55. The summed E-state index contributed by atoms with van der Waals surface area (Å²) in [5.74, 6) is -1.09. The Bertz CT molecular complexity index is 1440. The molecule has 10 heteroatoms. The minimum atomic E-state index is -0.550. The molecule has 2 aliphatic rings. The maximum Gasteiger partial charge on any atom is 0.270 e. The molecule has 37 heavy (non-hydrogen) atoms. The van der Waals surface area contributed by atoms with Crippen molar-refractivity contribution in [2.45, 2.75) is 13.8 Å². The molecule has 2 saturated heterocycles. The van der Waals surface area contributed by atoms with Gasteiger partial charge in [0, 0.05) is 35.9 Å². The fourth-order valence-electron chi connectivity index (χ4n) is 4.64. The highest BCUT2D eigenvalue weighted by Gasteiger charge is 2.35. The molecule has 2 amide bonds. The van der Waals surface area contributed by atoms with Crippen molar-refractivity contribution in [3.63, 3.8) is 0 Å². The van der Waals surface area contributed by atoms with Gasteiger partial charge in [-0.05, 0) is 86.2 Å². The molecular weight excluding hydrogens is 531 g/mol. The largest absolute Gasteiger partial charge is 0.378 e. The van der Waals surface area contributed by atoms with Gasteiger partial charge in [-0.3, -0.25) is 19.8 Å². The van der Waals surface area contributed by atoms with Gasteiger partial charge < -0.3 is 14.2 Å². The van der Waals surface area contributed by atoms with Crippen LogP contribution >= 0.6 is 35.4 Å². The van der Waals surface area contributed by atoms with E-state index in [1.807, 2.05) is 19.9 Å². The average molecular weight is 555 g/mol. The van der Waals surface area contributed by atoms with Crippen molar-refractivity contribution >= 4 is 69.8 Å². The molecule has 0 aliphatic carbocycles. The maximum atomic E-state index is 13.4. The van der Waals surface area contributed by atoms with Gasteiger partial charge in [-0.1, -0.05) is 23.2 Å². The topological polar surface area (TPSA) is 66.8 Å². The second-order valence-electron chi connectivity index (χ2n) is 8.83. The Morgan fingerprint density at radius 3 is 2.24 bits per heavy atom. The third kappa shape index (κ3) is 4.90. The Balaban J connectivity index is 1.46. The van der Waals surface area contributed by atoms with Crippen LogP contribution in [0, 0.1) is 13.8 Å². The van der Waals surface area contributed by atoms with Crippen molar-refractivity contribution in [1.29, 1.82) is 0 Å². The average Bonchev–Trinajstić information content (AvgIpc) is 3.17. The number of aryl methyl sites for hydroxylation is 1. The summed E-state index contributed by atoms with van der Waals surface area (Å²) >= 11 is 17.5.